The SMILES string of the molecule is CC(N)c1ccc(NS(=O)(=O)N2CCOCC2)cc1. The quantitative estimate of drug-likeness (QED) is 0.852. The molecular weight excluding hydrogens is 266 g/mol. The van der Waals surface area contributed by atoms with E-state index in [4.69, 9.17) is 10.5 Å². The lowest BCUT2D eigenvalue weighted by Crippen LogP contribution is -2.43. The van der Waals surface area contributed by atoms with Crippen LogP contribution in [0.2, 0.25) is 0 Å². The second-order valence-electron chi connectivity index (χ2n) is 4.53. The van der Waals surface area contributed by atoms with Crippen LogP contribution >= 0.6 is 0 Å². The smallest absolute Gasteiger partial charge is 0.301 e. The Morgan fingerprint density at radius 2 is 1.84 bits per heavy atom. The van der Waals surface area contributed by atoms with Gasteiger partial charge in [0, 0.05) is 24.8 Å². The second kappa shape index (κ2) is 5.87. The third-order valence-electron chi connectivity index (χ3n) is 2.99. The number of ether oxygens (including phenoxy) is 1. The zero-order valence-electron chi connectivity index (χ0n) is 10.9. The van der Waals surface area contributed by atoms with Crippen molar-refractivity contribution < 1.29 is 13.2 Å². The van der Waals surface area contributed by atoms with Gasteiger partial charge in [-0.3, -0.25) is 4.72 Å². The topological polar surface area (TPSA) is 84.7 Å². The summed E-state index contributed by atoms with van der Waals surface area (Å²) in [5.41, 5.74) is 7.25. The fourth-order valence-corrected chi connectivity index (χ4v) is 3.05. The Balaban J connectivity index is 2.06. The Morgan fingerprint density at radius 1 is 1.26 bits per heavy atom. The molecular formula is C12H19N3O3S. The van der Waals surface area contributed by atoms with E-state index < -0.39 is 10.2 Å². The van der Waals surface area contributed by atoms with Crippen molar-refractivity contribution in [3.63, 3.8) is 0 Å². The summed E-state index contributed by atoms with van der Waals surface area (Å²) in [7, 11) is -3.50. The molecule has 1 atom stereocenters. The first-order valence-electron chi connectivity index (χ1n) is 6.20. The van der Waals surface area contributed by atoms with Crippen LogP contribution < -0.4 is 10.5 Å². The molecule has 0 saturated carbocycles. The van der Waals surface area contributed by atoms with Gasteiger partial charge in [0.05, 0.1) is 13.2 Å². The highest BCUT2D eigenvalue weighted by atomic mass is 32.2. The first-order valence-corrected chi connectivity index (χ1v) is 7.64. The summed E-state index contributed by atoms with van der Waals surface area (Å²) in [6, 6.07) is 7.02. The molecule has 6 nitrogen and oxygen atoms in total. The molecule has 19 heavy (non-hydrogen) atoms. The van der Waals surface area contributed by atoms with Gasteiger partial charge in [0.25, 0.3) is 0 Å². The first kappa shape index (κ1) is 14.3. The van der Waals surface area contributed by atoms with E-state index in [1.807, 2.05) is 19.1 Å². The van der Waals surface area contributed by atoms with Gasteiger partial charge in [0.1, 0.15) is 0 Å². The predicted octanol–water partition coefficient (Wildman–Crippen LogP) is 0.695. The summed E-state index contributed by atoms with van der Waals surface area (Å²) in [5.74, 6) is 0. The summed E-state index contributed by atoms with van der Waals surface area (Å²) in [6.45, 7) is 3.52. The first-order chi connectivity index (χ1) is 8.99. The van der Waals surface area contributed by atoms with Gasteiger partial charge in [-0.1, -0.05) is 12.1 Å². The molecule has 1 unspecified atom stereocenters. The second-order valence-corrected chi connectivity index (χ2v) is 6.20. The summed E-state index contributed by atoms with van der Waals surface area (Å²) >= 11 is 0. The van der Waals surface area contributed by atoms with Crippen LogP contribution in [-0.4, -0.2) is 39.0 Å². The maximum absolute atomic E-state index is 12.1. The lowest BCUT2D eigenvalue weighted by atomic mass is 10.1. The average molecular weight is 285 g/mol. The van der Waals surface area contributed by atoms with Crippen molar-refractivity contribution in [3.8, 4) is 0 Å². The molecule has 1 aliphatic heterocycles. The van der Waals surface area contributed by atoms with Gasteiger partial charge < -0.3 is 10.5 Å². The van der Waals surface area contributed by atoms with Crippen molar-refractivity contribution in [1.82, 2.24) is 4.31 Å². The number of nitrogens with two attached hydrogens (primary N) is 1. The minimum absolute atomic E-state index is 0.0649. The summed E-state index contributed by atoms with van der Waals surface area (Å²) in [4.78, 5) is 0. The molecule has 7 heteroatoms. The number of nitrogens with zero attached hydrogens (tertiary/aromatic N) is 1. The fourth-order valence-electron chi connectivity index (χ4n) is 1.86. The Kier molecular flexibility index (Phi) is 4.41. The minimum Gasteiger partial charge on any atom is -0.379 e. The number of morpholine rings is 1. The Hall–Kier alpha value is -1.15. The van der Waals surface area contributed by atoms with Gasteiger partial charge in [-0.15, -0.1) is 0 Å². The molecule has 1 aliphatic rings. The molecule has 0 radical (unpaired) electrons. The van der Waals surface area contributed by atoms with E-state index in [9.17, 15) is 8.42 Å². The van der Waals surface area contributed by atoms with Gasteiger partial charge >= 0.3 is 10.2 Å². The summed E-state index contributed by atoms with van der Waals surface area (Å²) in [5, 5.41) is 0. The molecule has 3 N–H and O–H groups in total. The molecule has 0 bridgehead atoms. The van der Waals surface area contributed by atoms with Gasteiger partial charge in [0.15, 0.2) is 0 Å². The zero-order valence-corrected chi connectivity index (χ0v) is 11.7. The number of nitrogens with one attached hydrogen (secondary N) is 1. The van der Waals surface area contributed by atoms with Gasteiger partial charge in [-0.25, -0.2) is 0 Å². The molecule has 2 rings (SSSR count). The van der Waals surface area contributed by atoms with Crippen LogP contribution in [0.3, 0.4) is 0 Å². The highest BCUT2D eigenvalue weighted by molar-refractivity contribution is 7.90. The van der Waals surface area contributed by atoms with E-state index in [1.165, 1.54) is 4.31 Å². The van der Waals surface area contributed by atoms with Crippen LogP contribution in [-0.2, 0) is 14.9 Å². The van der Waals surface area contributed by atoms with Crippen molar-refractivity contribution in [2.75, 3.05) is 31.0 Å². The Labute approximate surface area is 113 Å². The van der Waals surface area contributed by atoms with E-state index in [0.717, 1.165) is 5.56 Å². The van der Waals surface area contributed by atoms with Crippen molar-refractivity contribution in [1.29, 1.82) is 0 Å². The molecule has 0 spiro atoms. The van der Waals surface area contributed by atoms with Crippen molar-refractivity contribution in [3.05, 3.63) is 29.8 Å². The molecule has 1 aromatic carbocycles. The number of hydrogen-bond donors (Lipinski definition) is 2. The Morgan fingerprint density at radius 3 is 2.37 bits per heavy atom. The number of rotatable bonds is 4. The van der Waals surface area contributed by atoms with Crippen LogP contribution in [0, 0.1) is 0 Å². The maximum Gasteiger partial charge on any atom is 0.301 e. The van der Waals surface area contributed by atoms with E-state index in [-0.39, 0.29) is 6.04 Å². The molecule has 0 aliphatic carbocycles. The largest absolute Gasteiger partial charge is 0.379 e. The van der Waals surface area contributed by atoms with Crippen LogP contribution in [0.5, 0.6) is 0 Å². The molecule has 1 saturated heterocycles. The fraction of sp³-hybridized carbons (Fsp3) is 0.500. The summed E-state index contributed by atoms with van der Waals surface area (Å²) in [6.07, 6.45) is 0. The monoisotopic (exact) mass is 285 g/mol. The predicted molar refractivity (Wildman–Crippen MR) is 74.0 cm³/mol. The summed E-state index contributed by atoms with van der Waals surface area (Å²) < 4.78 is 33.3. The van der Waals surface area contributed by atoms with Crippen LogP contribution in [0.1, 0.15) is 18.5 Å². The number of anilines is 1. The molecule has 106 valence electrons. The zero-order chi connectivity index (χ0) is 13.9. The van der Waals surface area contributed by atoms with E-state index >= 15 is 0 Å². The van der Waals surface area contributed by atoms with E-state index in [1.54, 1.807) is 12.1 Å². The highest BCUT2D eigenvalue weighted by Gasteiger charge is 2.23. The minimum atomic E-state index is -3.50. The van der Waals surface area contributed by atoms with Gasteiger partial charge in [0.2, 0.25) is 0 Å². The molecule has 1 heterocycles. The van der Waals surface area contributed by atoms with Crippen molar-refractivity contribution >= 4 is 15.9 Å². The number of benzene rings is 1. The van der Waals surface area contributed by atoms with E-state index in [0.29, 0.717) is 32.0 Å². The van der Waals surface area contributed by atoms with E-state index in [2.05, 4.69) is 4.72 Å². The highest BCUT2D eigenvalue weighted by Crippen LogP contribution is 2.16. The molecule has 0 amide bonds. The third-order valence-corrected chi connectivity index (χ3v) is 4.53. The van der Waals surface area contributed by atoms with Gasteiger partial charge in [-0.05, 0) is 24.6 Å². The molecule has 0 aromatic heterocycles. The van der Waals surface area contributed by atoms with Crippen molar-refractivity contribution in [2.24, 2.45) is 5.73 Å². The van der Waals surface area contributed by atoms with Crippen molar-refractivity contribution in [2.45, 2.75) is 13.0 Å². The average Bonchev–Trinajstić information content (AvgIpc) is 2.40. The van der Waals surface area contributed by atoms with Crippen LogP contribution in [0.15, 0.2) is 24.3 Å². The van der Waals surface area contributed by atoms with Gasteiger partial charge in [-0.2, -0.15) is 12.7 Å². The lowest BCUT2D eigenvalue weighted by molar-refractivity contribution is 0.0733. The standard InChI is InChI=1S/C12H19N3O3S/c1-10(13)11-2-4-12(5-3-11)14-19(16,17)15-6-8-18-9-7-15/h2-5,10,14H,6-9,13H2,1H3. The van der Waals surface area contributed by atoms with Crippen LogP contribution in [0.25, 0.3) is 0 Å². The lowest BCUT2D eigenvalue weighted by Gasteiger charge is -2.26. The molecule has 1 aromatic rings. The molecule has 1 fully saturated rings. The maximum atomic E-state index is 12.1. The van der Waals surface area contributed by atoms with Crippen LogP contribution in [0.4, 0.5) is 5.69 Å². The number of hydrogen-bond acceptors (Lipinski definition) is 4. The third kappa shape index (κ3) is 3.66. The Bertz CT molecular complexity index is 508. The normalized spacial score (nSPS) is 19.1.